The van der Waals surface area contributed by atoms with Crippen LogP contribution in [-0.4, -0.2) is 36.5 Å². The molecule has 0 bridgehead atoms. The Morgan fingerprint density at radius 3 is 2.50 bits per heavy atom. The third-order valence-electron chi connectivity index (χ3n) is 2.40. The predicted octanol–water partition coefficient (Wildman–Crippen LogP) is -0.0455. The van der Waals surface area contributed by atoms with Crippen molar-refractivity contribution in [2.75, 3.05) is 13.6 Å². The second-order valence-electron chi connectivity index (χ2n) is 3.82. The minimum Gasteiger partial charge on any atom is -0.445 e. The van der Waals surface area contributed by atoms with E-state index in [0.29, 0.717) is 0 Å². The average molecular weight is 280 g/mol. The van der Waals surface area contributed by atoms with Gasteiger partial charge in [0.2, 0.25) is 5.91 Å². The second kappa shape index (κ2) is 7.74. The molecule has 0 radical (unpaired) electrons. The summed E-state index contributed by atoms with van der Waals surface area (Å²) in [4.78, 5) is 34.6. The zero-order valence-electron chi connectivity index (χ0n) is 11.0. The number of carbonyl (C=O) groups is 3. The number of nitrogens with one attached hydrogen (secondary N) is 2. The van der Waals surface area contributed by atoms with Gasteiger partial charge in [0.05, 0.1) is 0 Å². The number of hydrogen-bond acceptors (Lipinski definition) is 5. The Morgan fingerprint density at radius 1 is 1.25 bits per heavy atom. The van der Waals surface area contributed by atoms with Gasteiger partial charge in [-0.3, -0.25) is 15.1 Å². The molecule has 0 spiro atoms. The second-order valence-corrected chi connectivity index (χ2v) is 3.82. The number of benzene rings is 1. The number of rotatable bonds is 4. The van der Waals surface area contributed by atoms with Crippen molar-refractivity contribution in [2.45, 2.75) is 6.61 Å². The Balaban J connectivity index is 2.29. The number of ether oxygens (including phenoxy) is 1. The minimum absolute atomic E-state index is 0.0972. The summed E-state index contributed by atoms with van der Waals surface area (Å²) in [7, 11) is 1.24. The van der Waals surface area contributed by atoms with Crippen molar-refractivity contribution in [3.05, 3.63) is 35.9 Å². The van der Waals surface area contributed by atoms with Crippen molar-refractivity contribution in [3.8, 4) is 0 Å². The molecule has 0 heterocycles. The Bertz CT molecular complexity index is 478. The first-order valence-electron chi connectivity index (χ1n) is 5.76. The van der Waals surface area contributed by atoms with Crippen LogP contribution in [0.1, 0.15) is 5.56 Å². The molecule has 0 aliphatic rings. The van der Waals surface area contributed by atoms with E-state index in [2.05, 4.69) is 5.32 Å². The van der Waals surface area contributed by atoms with E-state index in [-0.39, 0.29) is 13.2 Å². The maximum absolute atomic E-state index is 11.5. The molecule has 0 fully saturated rings. The molecule has 0 aromatic heterocycles. The molecule has 1 aromatic carbocycles. The smallest absolute Gasteiger partial charge is 0.407 e. The fraction of sp³-hybridized carbons (Fsp3) is 0.250. The number of hydrogen-bond donors (Lipinski definition) is 3. The van der Waals surface area contributed by atoms with Gasteiger partial charge in [-0.15, -0.1) is 0 Å². The molecule has 1 aromatic rings. The van der Waals surface area contributed by atoms with Crippen molar-refractivity contribution in [1.29, 1.82) is 0 Å². The molecule has 0 saturated heterocycles. The molecule has 0 unspecified atom stereocenters. The molecule has 20 heavy (non-hydrogen) atoms. The monoisotopic (exact) mass is 280 g/mol. The molecule has 4 amide bonds. The molecular formula is C12H16N4O4. The van der Waals surface area contributed by atoms with Crippen LogP contribution in [0.5, 0.6) is 0 Å². The number of nitrogens with two attached hydrogens (primary N) is 1. The van der Waals surface area contributed by atoms with E-state index >= 15 is 0 Å². The zero-order chi connectivity index (χ0) is 15.0. The van der Waals surface area contributed by atoms with Crippen molar-refractivity contribution in [2.24, 2.45) is 5.84 Å². The van der Waals surface area contributed by atoms with Crippen LogP contribution in [0.15, 0.2) is 30.3 Å². The summed E-state index contributed by atoms with van der Waals surface area (Å²) in [5, 5.41) is 2.24. The van der Waals surface area contributed by atoms with Crippen LogP contribution in [0, 0.1) is 0 Å². The van der Waals surface area contributed by atoms with E-state index in [4.69, 9.17) is 10.6 Å². The van der Waals surface area contributed by atoms with Gasteiger partial charge in [-0.05, 0) is 5.56 Å². The van der Waals surface area contributed by atoms with Crippen LogP contribution in [0.3, 0.4) is 0 Å². The number of imide groups is 1. The SMILES string of the molecule is CN(C(=O)CNC(=O)OCc1ccccc1)C(=O)NN. The van der Waals surface area contributed by atoms with Crippen LogP contribution >= 0.6 is 0 Å². The summed E-state index contributed by atoms with van der Waals surface area (Å²) in [6.45, 7) is -0.266. The summed E-state index contributed by atoms with van der Waals surface area (Å²) < 4.78 is 4.90. The maximum atomic E-state index is 11.5. The number of carbonyl (C=O) groups excluding carboxylic acids is 3. The van der Waals surface area contributed by atoms with Gasteiger partial charge >= 0.3 is 12.1 Å². The highest BCUT2D eigenvalue weighted by atomic mass is 16.5. The molecule has 0 atom stereocenters. The number of nitrogens with zero attached hydrogens (tertiary/aromatic N) is 1. The van der Waals surface area contributed by atoms with Gasteiger partial charge in [0.15, 0.2) is 0 Å². The molecule has 4 N–H and O–H groups in total. The minimum atomic E-state index is -0.769. The molecule has 0 aliphatic carbocycles. The first kappa shape index (κ1) is 15.4. The molecule has 0 saturated carbocycles. The van der Waals surface area contributed by atoms with Crippen LogP contribution in [0.25, 0.3) is 0 Å². The van der Waals surface area contributed by atoms with Gasteiger partial charge < -0.3 is 10.1 Å². The number of alkyl carbamates (subject to hydrolysis) is 1. The molecule has 8 heteroatoms. The van der Waals surface area contributed by atoms with E-state index in [1.807, 2.05) is 18.2 Å². The summed E-state index contributed by atoms with van der Waals surface area (Å²) in [5.41, 5.74) is 2.63. The number of hydrazine groups is 1. The molecule has 8 nitrogen and oxygen atoms in total. The lowest BCUT2D eigenvalue weighted by atomic mass is 10.2. The Kier molecular flexibility index (Phi) is 5.98. The number of amides is 4. The van der Waals surface area contributed by atoms with Gasteiger partial charge in [0, 0.05) is 7.05 Å². The molecular weight excluding hydrogens is 264 g/mol. The fourth-order valence-electron chi connectivity index (χ4n) is 1.25. The highest BCUT2D eigenvalue weighted by molar-refractivity contribution is 5.95. The van der Waals surface area contributed by atoms with Crippen molar-refractivity contribution in [1.82, 2.24) is 15.6 Å². The lowest BCUT2D eigenvalue weighted by molar-refractivity contribution is -0.126. The molecule has 108 valence electrons. The van der Waals surface area contributed by atoms with Crippen LogP contribution in [-0.2, 0) is 16.1 Å². The standard InChI is InChI=1S/C12H16N4O4/c1-16(11(18)15-13)10(17)7-14-12(19)20-8-9-5-3-2-4-6-9/h2-6H,7-8,13H2,1H3,(H,14,19)(H,15,18). The highest BCUT2D eigenvalue weighted by Gasteiger charge is 2.16. The van der Waals surface area contributed by atoms with Gasteiger partial charge in [-0.1, -0.05) is 30.3 Å². The third-order valence-corrected chi connectivity index (χ3v) is 2.40. The van der Waals surface area contributed by atoms with Gasteiger partial charge in [-0.2, -0.15) is 0 Å². The van der Waals surface area contributed by atoms with E-state index in [1.54, 1.807) is 17.6 Å². The Morgan fingerprint density at radius 2 is 1.90 bits per heavy atom. The number of urea groups is 1. The van der Waals surface area contributed by atoms with Gasteiger partial charge in [-0.25, -0.2) is 15.4 Å². The average Bonchev–Trinajstić information content (AvgIpc) is 2.49. The summed E-state index contributed by atoms with van der Waals surface area (Å²) in [6, 6.07) is 8.33. The van der Waals surface area contributed by atoms with Crippen LogP contribution in [0.4, 0.5) is 9.59 Å². The molecule has 0 aliphatic heterocycles. The van der Waals surface area contributed by atoms with E-state index in [0.717, 1.165) is 10.5 Å². The summed E-state index contributed by atoms with van der Waals surface area (Å²) >= 11 is 0. The largest absolute Gasteiger partial charge is 0.445 e. The topological polar surface area (TPSA) is 114 Å². The third kappa shape index (κ3) is 4.94. The van der Waals surface area contributed by atoms with E-state index in [1.165, 1.54) is 7.05 Å². The summed E-state index contributed by atoms with van der Waals surface area (Å²) in [5.74, 6) is 4.25. The Hall–Kier alpha value is -2.61. The van der Waals surface area contributed by atoms with Crippen LogP contribution in [0.2, 0.25) is 0 Å². The quantitative estimate of drug-likeness (QED) is 0.406. The first-order chi connectivity index (χ1) is 9.54. The number of likely N-dealkylation sites (N-methyl/N-ethyl adjacent to an activating group) is 1. The Labute approximate surface area is 115 Å². The summed E-state index contributed by atoms with van der Waals surface area (Å²) in [6.07, 6.45) is -0.747. The first-order valence-corrected chi connectivity index (χ1v) is 5.76. The lowest BCUT2D eigenvalue weighted by Gasteiger charge is -2.14. The van der Waals surface area contributed by atoms with E-state index < -0.39 is 18.0 Å². The fourth-order valence-corrected chi connectivity index (χ4v) is 1.25. The normalized spacial score (nSPS) is 9.50. The van der Waals surface area contributed by atoms with Gasteiger partial charge in [0.1, 0.15) is 13.2 Å². The van der Waals surface area contributed by atoms with Crippen molar-refractivity contribution < 1.29 is 19.1 Å². The molecule has 1 rings (SSSR count). The van der Waals surface area contributed by atoms with Crippen molar-refractivity contribution in [3.63, 3.8) is 0 Å². The van der Waals surface area contributed by atoms with Gasteiger partial charge in [0.25, 0.3) is 0 Å². The van der Waals surface area contributed by atoms with E-state index in [9.17, 15) is 14.4 Å². The maximum Gasteiger partial charge on any atom is 0.407 e. The van der Waals surface area contributed by atoms with Crippen molar-refractivity contribution >= 4 is 18.0 Å². The predicted molar refractivity (Wildman–Crippen MR) is 70.1 cm³/mol. The highest BCUT2D eigenvalue weighted by Crippen LogP contribution is 2.00. The van der Waals surface area contributed by atoms with Crippen LogP contribution < -0.4 is 16.6 Å². The zero-order valence-corrected chi connectivity index (χ0v) is 11.0. The lowest BCUT2D eigenvalue weighted by Crippen LogP contribution is -2.47.